The maximum Gasteiger partial charge on any atom is 0.0674 e. The number of rotatable bonds is 2. The van der Waals surface area contributed by atoms with Crippen LogP contribution in [0.4, 0.5) is 0 Å². The van der Waals surface area contributed by atoms with Crippen LogP contribution in [0, 0.1) is 0 Å². The molecule has 2 nitrogen and oxygen atoms in total. The molecule has 1 aromatic heterocycles. The van der Waals surface area contributed by atoms with E-state index in [0.717, 1.165) is 17.1 Å². The summed E-state index contributed by atoms with van der Waals surface area (Å²) in [4.78, 5) is 0. The molecule has 1 aromatic carbocycles. The smallest absolute Gasteiger partial charge is 0.0674 e. The Morgan fingerprint density at radius 2 is 1.86 bits per heavy atom. The number of halogens is 1. The van der Waals surface area contributed by atoms with Gasteiger partial charge in [-0.1, -0.05) is 23.7 Å². The molecule has 0 atom stereocenters. The van der Waals surface area contributed by atoms with Gasteiger partial charge in [0.2, 0.25) is 0 Å². The fourth-order valence-corrected chi connectivity index (χ4v) is 1.37. The SMILES string of the molecule is Clc1ccc(Cc2cccnn2)cc1. The third kappa shape index (κ3) is 2.30. The molecule has 0 saturated heterocycles. The predicted molar refractivity (Wildman–Crippen MR) is 56.3 cm³/mol. The first-order valence-electron chi connectivity index (χ1n) is 4.35. The van der Waals surface area contributed by atoms with Crippen LogP contribution >= 0.6 is 11.6 Å². The zero-order valence-electron chi connectivity index (χ0n) is 7.52. The summed E-state index contributed by atoms with van der Waals surface area (Å²) in [5.41, 5.74) is 2.16. The summed E-state index contributed by atoms with van der Waals surface area (Å²) in [5, 5.41) is 8.59. The summed E-state index contributed by atoms with van der Waals surface area (Å²) in [6, 6.07) is 11.6. The minimum absolute atomic E-state index is 0.757. The van der Waals surface area contributed by atoms with Gasteiger partial charge in [0, 0.05) is 17.6 Å². The molecule has 0 aliphatic carbocycles. The number of nitrogens with zero attached hydrogens (tertiary/aromatic N) is 2. The summed E-state index contributed by atoms with van der Waals surface area (Å²) in [6.45, 7) is 0. The number of benzene rings is 1. The average Bonchev–Trinajstić information content (AvgIpc) is 2.23. The summed E-state index contributed by atoms with van der Waals surface area (Å²) in [7, 11) is 0. The minimum Gasteiger partial charge on any atom is -0.159 e. The third-order valence-corrected chi connectivity index (χ3v) is 2.18. The fraction of sp³-hybridized carbons (Fsp3) is 0.0909. The lowest BCUT2D eigenvalue weighted by Crippen LogP contribution is -1.92. The minimum atomic E-state index is 0.757. The van der Waals surface area contributed by atoms with Crippen LogP contribution in [0.15, 0.2) is 42.6 Å². The standard InChI is InChI=1S/C11H9ClN2/c12-10-5-3-9(4-6-10)8-11-2-1-7-13-14-11/h1-7H,8H2. The molecule has 3 heteroatoms. The van der Waals surface area contributed by atoms with Gasteiger partial charge in [0.25, 0.3) is 0 Å². The van der Waals surface area contributed by atoms with Crippen LogP contribution < -0.4 is 0 Å². The molecule has 0 spiro atoms. The lowest BCUT2D eigenvalue weighted by atomic mass is 10.1. The molecule has 0 amide bonds. The topological polar surface area (TPSA) is 25.8 Å². The van der Waals surface area contributed by atoms with E-state index in [-0.39, 0.29) is 0 Å². The van der Waals surface area contributed by atoms with E-state index in [1.165, 1.54) is 5.56 Å². The van der Waals surface area contributed by atoms with Gasteiger partial charge in [-0.25, -0.2) is 0 Å². The van der Waals surface area contributed by atoms with Gasteiger partial charge in [-0.3, -0.25) is 0 Å². The quantitative estimate of drug-likeness (QED) is 0.752. The largest absolute Gasteiger partial charge is 0.159 e. The van der Waals surface area contributed by atoms with Crippen LogP contribution in [0.5, 0.6) is 0 Å². The van der Waals surface area contributed by atoms with Gasteiger partial charge in [0.1, 0.15) is 0 Å². The van der Waals surface area contributed by atoms with Crippen molar-refractivity contribution < 1.29 is 0 Å². The zero-order chi connectivity index (χ0) is 9.80. The van der Waals surface area contributed by atoms with Crippen LogP contribution in [-0.4, -0.2) is 10.2 Å². The monoisotopic (exact) mass is 204 g/mol. The van der Waals surface area contributed by atoms with Crippen LogP contribution in [0.25, 0.3) is 0 Å². The molecular formula is C11H9ClN2. The van der Waals surface area contributed by atoms with Crippen LogP contribution in [0.2, 0.25) is 5.02 Å². The van der Waals surface area contributed by atoms with Crippen molar-refractivity contribution in [2.45, 2.75) is 6.42 Å². The highest BCUT2D eigenvalue weighted by Crippen LogP contribution is 2.11. The van der Waals surface area contributed by atoms with Gasteiger partial charge >= 0.3 is 0 Å². The third-order valence-electron chi connectivity index (χ3n) is 1.93. The Morgan fingerprint density at radius 3 is 2.50 bits per heavy atom. The maximum atomic E-state index is 5.79. The first kappa shape index (κ1) is 9.16. The van der Waals surface area contributed by atoms with Gasteiger partial charge < -0.3 is 0 Å². The predicted octanol–water partition coefficient (Wildman–Crippen LogP) is 2.72. The van der Waals surface area contributed by atoms with Crippen LogP contribution in [0.3, 0.4) is 0 Å². The van der Waals surface area contributed by atoms with E-state index in [1.807, 2.05) is 36.4 Å². The normalized spacial score (nSPS) is 10.1. The van der Waals surface area contributed by atoms with Crippen molar-refractivity contribution in [3.05, 3.63) is 58.9 Å². The van der Waals surface area contributed by atoms with Gasteiger partial charge in [0.15, 0.2) is 0 Å². The second-order valence-corrected chi connectivity index (χ2v) is 3.45. The molecule has 0 unspecified atom stereocenters. The molecule has 0 bridgehead atoms. The van der Waals surface area contributed by atoms with E-state index in [0.29, 0.717) is 0 Å². The highest BCUT2D eigenvalue weighted by molar-refractivity contribution is 6.30. The van der Waals surface area contributed by atoms with E-state index in [4.69, 9.17) is 11.6 Å². The second kappa shape index (κ2) is 4.20. The Labute approximate surface area is 87.6 Å². The van der Waals surface area contributed by atoms with E-state index in [1.54, 1.807) is 6.20 Å². The Balaban J connectivity index is 2.16. The van der Waals surface area contributed by atoms with E-state index < -0.39 is 0 Å². The van der Waals surface area contributed by atoms with Crippen molar-refractivity contribution in [3.63, 3.8) is 0 Å². The second-order valence-electron chi connectivity index (χ2n) is 3.02. The van der Waals surface area contributed by atoms with Crippen molar-refractivity contribution >= 4 is 11.6 Å². The van der Waals surface area contributed by atoms with Crippen molar-refractivity contribution in [1.82, 2.24) is 10.2 Å². The molecular weight excluding hydrogens is 196 g/mol. The molecule has 0 radical (unpaired) electrons. The first-order chi connectivity index (χ1) is 6.84. The highest BCUT2D eigenvalue weighted by atomic mass is 35.5. The zero-order valence-corrected chi connectivity index (χ0v) is 8.28. The lowest BCUT2D eigenvalue weighted by molar-refractivity contribution is 0.937. The molecule has 14 heavy (non-hydrogen) atoms. The Morgan fingerprint density at radius 1 is 1.07 bits per heavy atom. The van der Waals surface area contributed by atoms with Gasteiger partial charge in [-0.05, 0) is 29.8 Å². The van der Waals surface area contributed by atoms with Crippen molar-refractivity contribution in [2.75, 3.05) is 0 Å². The van der Waals surface area contributed by atoms with Crippen LogP contribution in [-0.2, 0) is 6.42 Å². The van der Waals surface area contributed by atoms with Gasteiger partial charge in [0.05, 0.1) is 5.69 Å². The lowest BCUT2D eigenvalue weighted by Gasteiger charge is -1.99. The van der Waals surface area contributed by atoms with Gasteiger partial charge in [-0.2, -0.15) is 10.2 Å². The Bertz CT molecular complexity index is 397. The maximum absolute atomic E-state index is 5.79. The fourth-order valence-electron chi connectivity index (χ4n) is 1.24. The van der Waals surface area contributed by atoms with Crippen molar-refractivity contribution in [2.24, 2.45) is 0 Å². The van der Waals surface area contributed by atoms with Crippen LogP contribution in [0.1, 0.15) is 11.3 Å². The van der Waals surface area contributed by atoms with E-state index in [2.05, 4.69) is 10.2 Å². The molecule has 0 N–H and O–H groups in total. The summed E-state index contributed by atoms with van der Waals surface area (Å²) >= 11 is 5.79. The average molecular weight is 205 g/mol. The van der Waals surface area contributed by atoms with Crippen molar-refractivity contribution in [3.8, 4) is 0 Å². The molecule has 0 fully saturated rings. The number of hydrogen-bond acceptors (Lipinski definition) is 2. The first-order valence-corrected chi connectivity index (χ1v) is 4.73. The number of aromatic nitrogens is 2. The molecule has 0 saturated carbocycles. The highest BCUT2D eigenvalue weighted by Gasteiger charge is 1.96. The van der Waals surface area contributed by atoms with Gasteiger partial charge in [-0.15, -0.1) is 0 Å². The Kier molecular flexibility index (Phi) is 2.75. The summed E-state index contributed by atoms with van der Waals surface area (Å²) in [6.07, 6.45) is 2.47. The van der Waals surface area contributed by atoms with E-state index in [9.17, 15) is 0 Å². The molecule has 2 rings (SSSR count). The Hall–Kier alpha value is -1.41. The molecule has 0 aliphatic heterocycles. The molecule has 0 aliphatic rings. The summed E-state index contributed by atoms with van der Waals surface area (Å²) in [5.74, 6) is 0. The summed E-state index contributed by atoms with van der Waals surface area (Å²) < 4.78 is 0. The molecule has 2 aromatic rings. The number of hydrogen-bond donors (Lipinski definition) is 0. The molecule has 70 valence electrons. The van der Waals surface area contributed by atoms with E-state index >= 15 is 0 Å². The molecule has 1 heterocycles. The van der Waals surface area contributed by atoms with Crippen molar-refractivity contribution in [1.29, 1.82) is 0 Å².